The van der Waals surface area contributed by atoms with Crippen LogP contribution in [0.25, 0.3) is 0 Å². The molecule has 0 atom stereocenters. The Hall–Kier alpha value is -1.91. The van der Waals surface area contributed by atoms with Crippen molar-refractivity contribution in [1.82, 2.24) is 0 Å². The lowest BCUT2D eigenvalue weighted by molar-refractivity contribution is -0.120. The van der Waals surface area contributed by atoms with Crippen LogP contribution in [0.15, 0.2) is 60.7 Å². The molecule has 0 aliphatic rings. The first-order valence-electron chi connectivity index (χ1n) is 8.29. The first-order valence-corrected chi connectivity index (χ1v) is 11.2. The maximum Gasteiger partial charge on any atom is 0.256 e. The van der Waals surface area contributed by atoms with Crippen LogP contribution in [0.1, 0.15) is 20.8 Å². The molecule has 4 heteroatoms. The van der Waals surface area contributed by atoms with Crippen LogP contribution in [0.5, 0.6) is 0 Å². The molecule has 0 saturated heterocycles. The van der Waals surface area contributed by atoms with E-state index in [1.807, 2.05) is 60.7 Å². The SMILES string of the molecule is CC(C)(C)[Si](C)(C)OCC(=O)N(c1ccccc1)c1ccccc1. The summed E-state index contributed by atoms with van der Waals surface area (Å²) in [6.45, 7) is 11.0. The Kier molecular flexibility index (Phi) is 5.62. The van der Waals surface area contributed by atoms with Gasteiger partial charge >= 0.3 is 0 Å². The van der Waals surface area contributed by atoms with E-state index in [-0.39, 0.29) is 17.6 Å². The molecule has 1 amide bonds. The second-order valence-corrected chi connectivity index (χ2v) is 12.3. The van der Waals surface area contributed by atoms with Gasteiger partial charge in [-0.05, 0) is 42.4 Å². The summed E-state index contributed by atoms with van der Waals surface area (Å²) in [6.07, 6.45) is 0. The Labute approximate surface area is 146 Å². The predicted molar refractivity (Wildman–Crippen MR) is 103 cm³/mol. The number of carbonyl (C=O) groups excluding carboxylic acids is 1. The summed E-state index contributed by atoms with van der Waals surface area (Å²) < 4.78 is 6.13. The van der Waals surface area contributed by atoms with E-state index in [4.69, 9.17) is 4.43 Å². The van der Waals surface area contributed by atoms with Gasteiger partial charge in [0.2, 0.25) is 0 Å². The molecule has 0 saturated carbocycles. The van der Waals surface area contributed by atoms with Crippen LogP contribution in [-0.4, -0.2) is 20.8 Å². The largest absolute Gasteiger partial charge is 0.407 e. The molecule has 0 aromatic heterocycles. The highest BCUT2D eigenvalue weighted by Crippen LogP contribution is 2.36. The third-order valence-corrected chi connectivity index (χ3v) is 9.12. The van der Waals surface area contributed by atoms with Crippen molar-refractivity contribution in [3.8, 4) is 0 Å². The van der Waals surface area contributed by atoms with Crippen molar-refractivity contribution in [2.75, 3.05) is 11.5 Å². The zero-order chi connectivity index (χ0) is 17.8. The number of amides is 1. The molecule has 0 aliphatic carbocycles. The average molecular weight is 342 g/mol. The van der Waals surface area contributed by atoms with Crippen LogP contribution in [0.2, 0.25) is 18.1 Å². The molecule has 24 heavy (non-hydrogen) atoms. The fraction of sp³-hybridized carbons (Fsp3) is 0.350. The number of para-hydroxylation sites is 2. The molecule has 0 spiro atoms. The summed E-state index contributed by atoms with van der Waals surface area (Å²) in [5, 5.41) is 0.0810. The van der Waals surface area contributed by atoms with Gasteiger partial charge in [-0.2, -0.15) is 0 Å². The minimum atomic E-state index is -1.96. The van der Waals surface area contributed by atoms with Crippen molar-refractivity contribution in [2.45, 2.75) is 38.9 Å². The van der Waals surface area contributed by atoms with Gasteiger partial charge in [-0.3, -0.25) is 9.69 Å². The van der Waals surface area contributed by atoms with E-state index in [0.29, 0.717) is 0 Å². The minimum Gasteiger partial charge on any atom is -0.407 e. The predicted octanol–water partition coefficient (Wildman–Crippen LogP) is 5.37. The monoisotopic (exact) mass is 341 g/mol. The van der Waals surface area contributed by atoms with E-state index in [9.17, 15) is 4.79 Å². The van der Waals surface area contributed by atoms with Gasteiger partial charge in [-0.1, -0.05) is 57.2 Å². The molecule has 0 N–H and O–H groups in total. The van der Waals surface area contributed by atoms with Crippen molar-refractivity contribution >= 4 is 25.6 Å². The van der Waals surface area contributed by atoms with Gasteiger partial charge in [-0.25, -0.2) is 0 Å². The van der Waals surface area contributed by atoms with Crippen molar-refractivity contribution in [2.24, 2.45) is 0 Å². The van der Waals surface area contributed by atoms with Crippen LogP contribution in [-0.2, 0) is 9.22 Å². The second kappa shape index (κ2) is 7.32. The third-order valence-electron chi connectivity index (χ3n) is 4.64. The maximum atomic E-state index is 12.9. The zero-order valence-corrected chi connectivity index (χ0v) is 16.2. The molecule has 0 aliphatic heterocycles. The fourth-order valence-electron chi connectivity index (χ4n) is 2.11. The first-order chi connectivity index (χ1) is 11.2. The zero-order valence-electron chi connectivity index (χ0n) is 15.2. The summed E-state index contributed by atoms with van der Waals surface area (Å²) in [5.41, 5.74) is 1.71. The number of rotatable bonds is 5. The number of carbonyl (C=O) groups is 1. The Morgan fingerprint density at radius 1 is 0.917 bits per heavy atom. The minimum absolute atomic E-state index is 0.0442. The van der Waals surface area contributed by atoms with Gasteiger partial charge in [0.05, 0.1) is 0 Å². The molecule has 0 bridgehead atoms. The molecular formula is C20H27NO2Si. The van der Waals surface area contributed by atoms with Crippen molar-refractivity contribution in [3.63, 3.8) is 0 Å². The quantitative estimate of drug-likeness (QED) is 0.684. The molecule has 0 unspecified atom stereocenters. The summed E-state index contributed by atoms with van der Waals surface area (Å²) in [7, 11) is -1.96. The van der Waals surface area contributed by atoms with Gasteiger partial charge in [-0.15, -0.1) is 0 Å². The van der Waals surface area contributed by atoms with E-state index < -0.39 is 8.32 Å². The highest BCUT2D eigenvalue weighted by molar-refractivity contribution is 6.74. The number of anilines is 2. The molecule has 128 valence electrons. The molecular weight excluding hydrogens is 314 g/mol. The lowest BCUT2D eigenvalue weighted by atomic mass is 10.2. The Morgan fingerprint density at radius 3 is 1.71 bits per heavy atom. The fourth-order valence-corrected chi connectivity index (χ4v) is 3.03. The molecule has 0 radical (unpaired) electrons. The highest BCUT2D eigenvalue weighted by Gasteiger charge is 2.38. The number of benzene rings is 2. The molecule has 0 fully saturated rings. The normalized spacial score (nSPS) is 12.0. The van der Waals surface area contributed by atoms with Crippen LogP contribution < -0.4 is 4.90 Å². The molecule has 2 aromatic rings. The Bertz CT molecular complexity index is 624. The van der Waals surface area contributed by atoms with Crippen LogP contribution in [0, 0.1) is 0 Å². The number of hydrogen-bond donors (Lipinski definition) is 0. The summed E-state index contributed by atoms with van der Waals surface area (Å²) in [6, 6.07) is 19.4. The van der Waals surface area contributed by atoms with E-state index in [0.717, 1.165) is 11.4 Å². The molecule has 3 nitrogen and oxygen atoms in total. The van der Waals surface area contributed by atoms with Crippen LogP contribution in [0.3, 0.4) is 0 Å². The van der Waals surface area contributed by atoms with E-state index >= 15 is 0 Å². The summed E-state index contributed by atoms with van der Waals surface area (Å²) >= 11 is 0. The molecule has 2 rings (SSSR count). The van der Waals surface area contributed by atoms with Crippen LogP contribution in [0.4, 0.5) is 11.4 Å². The van der Waals surface area contributed by atoms with E-state index in [1.165, 1.54) is 0 Å². The molecule has 2 aromatic carbocycles. The van der Waals surface area contributed by atoms with Gasteiger partial charge in [0, 0.05) is 11.4 Å². The third kappa shape index (κ3) is 4.33. The van der Waals surface area contributed by atoms with E-state index in [1.54, 1.807) is 4.90 Å². The Balaban J connectivity index is 2.24. The highest BCUT2D eigenvalue weighted by atomic mass is 28.4. The smallest absolute Gasteiger partial charge is 0.256 e. The summed E-state index contributed by atoms with van der Waals surface area (Å²) in [5.74, 6) is -0.0442. The second-order valence-electron chi connectivity index (χ2n) is 7.45. The standard InChI is InChI=1S/C20H27NO2Si/c1-20(2,3)24(4,5)23-16-19(22)21(17-12-8-6-9-13-17)18-14-10-7-11-15-18/h6-15H,16H2,1-5H3. The van der Waals surface area contributed by atoms with E-state index in [2.05, 4.69) is 33.9 Å². The van der Waals surface area contributed by atoms with Crippen molar-refractivity contribution in [1.29, 1.82) is 0 Å². The topological polar surface area (TPSA) is 29.5 Å². The lowest BCUT2D eigenvalue weighted by Crippen LogP contribution is -2.44. The first kappa shape index (κ1) is 18.4. The summed E-state index contributed by atoms with van der Waals surface area (Å²) in [4.78, 5) is 14.7. The average Bonchev–Trinajstić information content (AvgIpc) is 2.54. The van der Waals surface area contributed by atoms with Gasteiger partial charge in [0.15, 0.2) is 8.32 Å². The number of hydrogen-bond acceptors (Lipinski definition) is 2. The lowest BCUT2D eigenvalue weighted by Gasteiger charge is -2.36. The van der Waals surface area contributed by atoms with Gasteiger partial charge in [0.25, 0.3) is 5.91 Å². The molecule has 0 heterocycles. The van der Waals surface area contributed by atoms with Gasteiger partial charge < -0.3 is 4.43 Å². The van der Waals surface area contributed by atoms with Crippen LogP contribution >= 0.6 is 0 Å². The maximum absolute atomic E-state index is 12.9. The van der Waals surface area contributed by atoms with Crippen molar-refractivity contribution < 1.29 is 9.22 Å². The van der Waals surface area contributed by atoms with Gasteiger partial charge in [0.1, 0.15) is 6.61 Å². The van der Waals surface area contributed by atoms with Crippen molar-refractivity contribution in [3.05, 3.63) is 60.7 Å². The Morgan fingerprint density at radius 2 is 1.33 bits per heavy atom. The number of nitrogens with zero attached hydrogens (tertiary/aromatic N) is 1.